The van der Waals surface area contributed by atoms with E-state index < -0.39 is 0 Å². The van der Waals surface area contributed by atoms with Gasteiger partial charge in [0, 0.05) is 18.3 Å². The van der Waals surface area contributed by atoms with Gasteiger partial charge in [-0.25, -0.2) is 0 Å². The van der Waals surface area contributed by atoms with Crippen molar-refractivity contribution in [1.82, 2.24) is 4.90 Å². The maximum Gasteiger partial charge on any atom is 0.256 e. The second kappa shape index (κ2) is 4.62. The zero-order valence-corrected chi connectivity index (χ0v) is 10.5. The Bertz CT molecular complexity index is 518. The molecule has 6 nitrogen and oxygen atoms in total. The Morgan fingerprint density at radius 3 is 2.89 bits per heavy atom. The lowest BCUT2D eigenvalue weighted by atomic mass is 10.1. The van der Waals surface area contributed by atoms with Gasteiger partial charge >= 0.3 is 0 Å². The molecule has 3 rings (SSSR count). The van der Waals surface area contributed by atoms with Crippen LogP contribution in [0.15, 0.2) is 12.1 Å². The summed E-state index contributed by atoms with van der Waals surface area (Å²) in [5, 5.41) is 9.29. The lowest BCUT2D eigenvalue weighted by Gasteiger charge is -2.23. The topological polar surface area (TPSA) is 85.0 Å². The van der Waals surface area contributed by atoms with Gasteiger partial charge in [-0.3, -0.25) is 4.79 Å². The fourth-order valence-electron chi connectivity index (χ4n) is 2.59. The van der Waals surface area contributed by atoms with Crippen molar-refractivity contribution in [2.45, 2.75) is 18.9 Å². The highest BCUT2D eigenvalue weighted by atomic mass is 16.7. The number of hydrogen-bond acceptors (Lipinski definition) is 5. The van der Waals surface area contributed by atoms with Gasteiger partial charge in [-0.2, -0.15) is 0 Å². The van der Waals surface area contributed by atoms with Gasteiger partial charge in [0.2, 0.25) is 6.79 Å². The first-order chi connectivity index (χ1) is 9.20. The number of aliphatic hydroxyl groups is 1. The number of carbonyl (C=O) groups excluding carboxylic acids is 1. The Morgan fingerprint density at radius 1 is 1.42 bits per heavy atom. The minimum atomic E-state index is -0.160. The molecule has 0 bridgehead atoms. The lowest BCUT2D eigenvalue weighted by Crippen LogP contribution is -2.37. The lowest BCUT2D eigenvalue weighted by molar-refractivity contribution is 0.0678. The third kappa shape index (κ3) is 1.98. The number of nitrogens with zero attached hydrogens (tertiary/aromatic N) is 1. The van der Waals surface area contributed by atoms with Crippen LogP contribution in [0.5, 0.6) is 11.5 Å². The quantitative estimate of drug-likeness (QED) is 0.764. The monoisotopic (exact) mass is 264 g/mol. The first kappa shape index (κ1) is 12.1. The predicted molar refractivity (Wildman–Crippen MR) is 68.1 cm³/mol. The van der Waals surface area contributed by atoms with Crippen molar-refractivity contribution in [1.29, 1.82) is 0 Å². The molecule has 2 heterocycles. The minimum absolute atomic E-state index is 0.0177. The number of amides is 1. The average molecular weight is 264 g/mol. The van der Waals surface area contributed by atoms with Crippen molar-refractivity contribution in [3.05, 3.63) is 17.7 Å². The first-order valence-electron chi connectivity index (χ1n) is 6.31. The van der Waals surface area contributed by atoms with Crippen molar-refractivity contribution >= 4 is 11.6 Å². The molecular formula is C13H16N2O4. The number of benzene rings is 1. The molecule has 0 unspecified atom stereocenters. The molecule has 6 heteroatoms. The Balaban J connectivity index is 1.91. The van der Waals surface area contributed by atoms with Crippen molar-refractivity contribution in [3.8, 4) is 11.5 Å². The van der Waals surface area contributed by atoms with Gasteiger partial charge < -0.3 is 25.2 Å². The van der Waals surface area contributed by atoms with E-state index in [-0.39, 0.29) is 25.3 Å². The highest BCUT2D eigenvalue weighted by Gasteiger charge is 2.31. The fraction of sp³-hybridized carbons (Fsp3) is 0.462. The molecule has 1 amide bonds. The van der Waals surface area contributed by atoms with Gasteiger partial charge in [-0.05, 0) is 18.9 Å². The molecule has 0 aromatic heterocycles. The van der Waals surface area contributed by atoms with Crippen molar-refractivity contribution < 1.29 is 19.4 Å². The number of hydrogen-bond donors (Lipinski definition) is 2. The SMILES string of the molecule is Nc1cc2c(cc1C(=O)N1CCC[C@H]1CO)OCO2. The molecule has 3 N–H and O–H groups in total. The Hall–Kier alpha value is -1.95. The van der Waals surface area contributed by atoms with Crippen molar-refractivity contribution in [2.24, 2.45) is 0 Å². The smallest absolute Gasteiger partial charge is 0.256 e. The van der Waals surface area contributed by atoms with Crippen LogP contribution >= 0.6 is 0 Å². The molecule has 19 heavy (non-hydrogen) atoms. The standard InChI is InChI=1S/C13H16N2O4/c14-10-5-12-11(18-7-19-12)4-9(10)13(17)15-3-1-2-8(15)6-16/h4-5,8,16H,1-3,6-7,14H2/t8-/m0/s1. The van der Waals surface area contributed by atoms with Gasteiger partial charge in [-0.15, -0.1) is 0 Å². The van der Waals surface area contributed by atoms with E-state index in [2.05, 4.69) is 0 Å². The summed E-state index contributed by atoms with van der Waals surface area (Å²) in [6, 6.07) is 3.11. The van der Waals surface area contributed by atoms with E-state index in [4.69, 9.17) is 15.2 Å². The number of carbonyl (C=O) groups is 1. The minimum Gasteiger partial charge on any atom is -0.454 e. The van der Waals surface area contributed by atoms with Gasteiger partial charge in [0.15, 0.2) is 11.5 Å². The number of rotatable bonds is 2. The summed E-state index contributed by atoms with van der Waals surface area (Å²) < 4.78 is 10.5. The maximum absolute atomic E-state index is 12.5. The molecule has 0 aliphatic carbocycles. The van der Waals surface area contributed by atoms with Crippen LogP contribution in [-0.2, 0) is 0 Å². The van der Waals surface area contributed by atoms with Crippen molar-refractivity contribution in [2.75, 3.05) is 25.7 Å². The summed E-state index contributed by atoms with van der Waals surface area (Å²) >= 11 is 0. The number of aliphatic hydroxyl groups excluding tert-OH is 1. The number of ether oxygens (including phenoxy) is 2. The van der Waals surface area contributed by atoms with Crippen LogP contribution in [-0.4, -0.2) is 41.9 Å². The van der Waals surface area contributed by atoms with Crippen molar-refractivity contribution in [3.63, 3.8) is 0 Å². The number of likely N-dealkylation sites (tertiary alicyclic amines) is 1. The average Bonchev–Trinajstić information content (AvgIpc) is 3.04. The molecule has 2 aliphatic heterocycles. The molecule has 1 aromatic carbocycles. The second-order valence-corrected chi connectivity index (χ2v) is 4.77. The Morgan fingerprint density at radius 2 is 2.16 bits per heavy atom. The van der Waals surface area contributed by atoms with E-state index in [1.165, 1.54) is 0 Å². The van der Waals surface area contributed by atoms with E-state index >= 15 is 0 Å². The molecular weight excluding hydrogens is 248 g/mol. The summed E-state index contributed by atoms with van der Waals surface area (Å²) in [7, 11) is 0. The van der Waals surface area contributed by atoms with Gasteiger partial charge in [0.25, 0.3) is 5.91 Å². The number of nitrogen functional groups attached to an aromatic ring is 1. The molecule has 2 aliphatic rings. The normalized spacial score (nSPS) is 20.9. The third-order valence-corrected chi connectivity index (χ3v) is 3.62. The molecule has 1 aromatic rings. The molecule has 1 fully saturated rings. The molecule has 0 radical (unpaired) electrons. The molecule has 102 valence electrons. The van der Waals surface area contributed by atoms with Crippen LogP contribution in [0, 0.1) is 0 Å². The highest BCUT2D eigenvalue weighted by molar-refractivity contribution is 6.00. The number of fused-ring (bicyclic) bond motifs is 1. The van der Waals surface area contributed by atoms with E-state index in [0.29, 0.717) is 29.3 Å². The molecule has 1 atom stereocenters. The van der Waals surface area contributed by atoms with Gasteiger partial charge in [0.05, 0.1) is 18.2 Å². The van der Waals surface area contributed by atoms with Crippen LogP contribution in [0.1, 0.15) is 23.2 Å². The van der Waals surface area contributed by atoms with E-state index in [1.807, 2.05) is 0 Å². The largest absolute Gasteiger partial charge is 0.454 e. The van der Waals surface area contributed by atoms with E-state index in [1.54, 1.807) is 17.0 Å². The number of nitrogens with two attached hydrogens (primary N) is 1. The van der Waals surface area contributed by atoms with Gasteiger partial charge in [-0.1, -0.05) is 0 Å². The zero-order valence-electron chi connectivity index (χ0n) is 10.5. The summed E-state index contributed by atoms with van der Waals surface area (Å²) in [6.45, 7) is 0.781. The zero-order chi connectivity index (χ0) is 13.4. The fourth-order valence-corrected chi connectivity index (χ4v) is 2.59. The predicted octanol–water partition coefficient (Wildman–Crippen LogP) is 0.594. The first-order valence-corrected chi connectivity index (χ1v) is 6.31. The Labute approximate surface area is 110 Å². The van der Waals surface area contributed by atoms with E-state index in [0.717, 1.165) is 12.8 Å². The summed E-state index contributed by atoms with van der Waals surface area (Å²) in [4.78, 5) is 14.1. The summed E-state index contributed by atoms with van der Waals surface area (Å²) in [5.41, 5.74) is 6.68. The van der Waals surface area contributed by atoms with E-state index in [9.17, 15) is 9.90 Å². The summed E-state index contributed by atoms with van der Waals surface area (Å²) in [5.74, 6) is 0.943. The van der Waals surface area contributed by atoms with Gasteiger partial charge in [0.1, 0.15) is 0 Å². The van der Waals surface area contributed by atoms with Crippen LogP contribution in [0.2, 0.25) is 0 Å². The number of anilines is 1. The Kier molecular flexibility index (Phi) is 2.94. The second-order valence-electron chi connectivity index (χ2n) is 4.77. The van der Waals surface area contributed by atoms with Crippen LogP contribution in [0.3, 0.4) is 0 Å². The third-order valence-electron chi connectivity index (χ3n) is 3.62. The highest BCUT2D eigenvalue weighted by Crippen LogP contribution is 2.36. The molecule has 0 spiro atoms. The maximum atomic E-state index is 12.5. The molecule has 1 saturated heterocycles. The van der Waals surface area contributed by atoms with Crippen LogP contribution in [0.4, 0.5) is 5.69 Å². The van der Waals surface area contributed by atoms with Crippen LogP contribution < -0.4 is 15.2 Å². The molecule has 0 saturated carbocycles. The van der Waals surface area contributed by atoms with Crippen LogP contribution in [0.25, 0.3) is 0 Å². The summed E-state index contributed by atoms with van der Waals surface area (Å²) in [6.07, 6.45) is 1.73.